The van der Waals surface area contributed by atoms with Gasteiger partial charge in [0.25, 0.3) is 0 Å². The number of anilines is 2. The van der Waals surface area contributed by atoms with Gasteiger partial charge in [-0.05, 0) is 26.8 Å². The third kappa shape index (κ3) is 2.67. The van der Waals surface area contributed by atoms with Gasteiger partial charge in [0.15, 0.2) is 0 Å². The normalized spacial score (nSPS) is 11.0. The summed E-state index contributed by atoms with van der Waals surface area (Å²) in [5.41, 5.74) is 3.38. The second-order valence-electron chi connectivity index (χ2n) is 4.72. The fourth-order valence-electron chi connectivity index (χ4n) is 2.02. The third-order valence-electron chi connectivity index (χ3n) is 3.12. The SMILES string of the molecule is Cc1cc2c(NCc3nc(C)c(C)o3)nc(NN)nc2s1. The largest absolute Gasteiger partial charge is 0.444 e. The lowest BCUT2D eigenvalue weighted by atomic mass is 10.3. The van der Waals surface area contributed by atoms with Crippen molar-refractivity contribution in [1.29, 1.82) is 0 Å². The molecule has 7 nitrogen and oxygen atoms in total. The van der Waals surface area contributed by atoms with E-state index in [0.29, 0.717) is 24.2 Å². The summed E-state index contributed by atoms with van der Waals surface area (Å²) in [7, 11) is 0. The Morgan fingerprint density at radius 2 is 2.05 bits per heavy atom. The fraction of sp³-hybridized carbons (Fsp3) is 0.308. The molecule has 8 heteroatoms. The molecule has 0 atom stereocenters. The van der Waals surface area contributed by atoms with Crippen LogP contribution in [-0.2, 0) is 6.54 Å². The zero-order valence-electron chi connectivity index (χ0n) is 12.0. The van der Waals surface area contributed by atoms with Crippen LogP contribution in [0.1, 0.15) is 22.2 Å². The fourth-order valence-corrected chi connectivity index (χ4v) is 2.89. The maximum absolute atomic E-state index is 5.56. The molecule has 0 saturated carbocycles. The van der Waals surface area contributed by atoms with Crippen LogP contribution in [0.4, 0.5) is 11.8 Å². The van der Waals surface area contributed by atoms with Crippen LogP contribution < -0.4 is 16.6 Å². The lowest BCUT2D eigenvalue weighted by Gasteiger charge is -2.06. The molecule has 21 heavy (non-hydrogen) atoms. The van der Waals surface area contributed by atoms with Gasteiger partial charge in [-0.25, -0.2) is 15.8 Å². The number of nitrogens with zero attached hydrogens (tertiary/aromatic N) is 3. The number of fused-ring (bicyclic) bond motifs is 1. The molecule has 4 N–H and O–H groups in total. The Balaban J connectivity index is 1.91. The lowest BCUT2D eigenvalue weighted by Crippen LogP contribution is -2.12. The lowest BCUT2D eigenvalue weighted by molar-refractivity contribution is 0.478. The van der Waals surface area contributed by atoms with E-state index in [4.69, 9.17) is 10.3 Å². The minimum atomic E-state index is 0.381. The van der Waals surface area contributed by atoms with Gasteiger partial charge >= 0.3 is 0 Å². The van der Waals surface area contributed by atoms with Crippen molar-refractivity contribution in [3.8, 4) is 0 Å². The van der Waals surface area contributed by atoms with Gasteiger partial charge in [0, 0.05) is 4.88 Å². The van der Waals surface area contributed by atoms with Gasteiger partial charge in [0.05, 0.1) is 17.6 Å². The number of aryl methyl sites for hydroxylation is 3. The van der Waals surface area contributed by atoms with Crippen molar-refractivity contribution < 1.29 is 4.42 Å². The molecule has 0 saturated heterocycles. The predicted octanol–water partition coefficient (Wildman–Crippen LogP) is 2.50. The molecule has 0 aliphatic carbocycles. The van der Waals surface area contributed by atoms with Crippen LogP contribution >= 0.6 is 11.3 Å². The number of thiophene rings is 1. The number of nitrogens with two attached hydrogens (primary N) is 1. The summed E-state index contributed by atoms with van der Waals surface area (Å²) in [5.74, 6) is 7.97. The van der Waals surface area contributed by atoms with Crippen LogP contribution in [0.15, 0.2) is 10.5 Å². The molecule has 3 heterocycles. The minimum Gasteiger partial charge on any atom is -0.444 e. The zero-order valence-corrected chi connectivity index (χ0v) is 12.8. The molecule has 0 spiro atoms. The molecule has 3 aromatic rings. The molecular formula is C13H16N6OS. The van der Waals surface area contributed by atoms with Gasteiger partial charge in [-0.2, -0.15) is 4.98 Å². The average Bonchev–Trinajstić information content (AvgIpc) is 2.98. The molecule has 3 rings (SSSR count). The molecular weight excluding hydrogens is 288 g/mol. The van der Waals surface area contributed by atoms with E-state index < -0.39 is 0 Å². The first-order chi connectivity index (χ1) is 10.1. The highest BCUT2D eigenvalue weighted by Gasteiger charge is 2.11. The van der Waals surface area contributed by atoms with Crippen molar-refractivity contribution >= 4 is 33.3 Å². The van der Waals surface area contributed by atoms with Crippen molar-refractivity contribution in [1.82, 2.24) is 15.0 Å². The Labute approximate surface area is 125 Å². The summed E-state index contributed by atoms with van der Waals surface area (Å²) in [6.07, 6.45) is 0. The Bertz CT molecular complexity index is 774. The summed E-state index contributed by atoms with van der Waals surface area (Å²) in [5, 5.41) is 4.21. The van der Waals surface area contributed by atoms with E-state index >= 15 is 0 Å². The van der Waals surface area contributed by atoms with Crippen molar-refractivity contribution in [3.63, 3.8) is 0 Å². The van der Waals surface area contributed by atoms with E-state index in [0.717, 1.165) is 21.7 Å². The van der Waals surface area contributed by atoms with Crippen molar-refractivity contribution in [3.05, 3.63) is 28.3 Å². The highest BCUT2D eigenvalue weighted by molar-refractivity contribution is 7.18. The molecule has 0 fully saturated rings. The Kier molecular flexibility index (Phi) is 3.48. The van der Waals surface area contributed by atoms with Crippen molar-refractivity contribution in [2.45, 2.75) is 27.3 Å². The molecule has 0 unspecified atom stereocenters. The first-order valence-electron chi connectivity index (χ1n) is 6.48. The highest BCUT2D eigenvalue weighted by atomic mass is 32.1. The Morgan fingerprint density at radius 3 is 2.71 bits per heavy atom. The first kappa shape index (κ1) is 13.8. The number of nitrogen functional groups attached to an aromatic ring is 1. The topological polar surface area (TPSA) is 102 Å². The monoisotopic (exact) mass is 304 g/mol. The predicted molar refractivity (Wildman–Crippen MR) is 83.3 cm³/mol. The van der Waals surface area contributed by atoms with E-state index in [1.165, 1.54) is 4.88 Å². The molecule has 0 bridgehead atoms. The van der Waals surface area contributed by atoms with E-state index in [-0.39, 0.29) is 0 Å². The molecule has 110 valence electrons. The summed E-state index contributed by atoms with van der Waals surface area (Å²) in [4.78, 5) is 15.1. The second kappa shape index (κ2) is 5.30. The molecule has 0 radical (unpaired) electrons. The summed E-state index contributed by atoms with van der Waals surface area (Å²) in [6.45, 7) is 6.31. The van der Waals surface area contributed by atoms with Crippen LogP contribution in [0.3, 0.4) is 0 Å². The zero-order chi connectivity index (χ0) is 15.0. The van der Waals surface area contributed by atoms with Gasteiger partial charge in [-0.15, -0.1) is 11.3 Å². The van der Waals surface area contributed by atoms with E-state index in [9.17, 15) is 0 Å². The first-order valence-corrected chi connectivity index (χ1v) is 7.30. The molecule has 0 aromatic carbocycles. The Hall–Kier alpha value is -2.19. The van der Waals surface area contributed by atoms with E-state index in [2.05, 4.69) is 31.8 Å². The minimum absolute atomic E-state index is 0.381. The smallest absolute Gasteiger partial charge is 0.240 e. The van der Waals surface area contributed by atoms with Gasteiger partial charge in [0.2, 0.25) is 11.8 Å². The van der Waals surface area contributed by atoms with Crippen LogP contribution in [0.2, 0.25) is 0 Å². The Morgan fingerprint density at radius 1 is 1.24 bits per heavy atom. The van der Waals surface area contributed by atoms with Crippen LogP contribution in [0.5, 0.6) is 0 Å². The molecule has 3 aromatic heterocycles. The number of hydrazine groups is 1. The second-order valence-corrected chi connectivity index (χ2v) is 5.95. The van der Waals surface area contributed by atoms with Gasteiger partial charge < -0.3 is 9.73 Å². The van der Waals surface area contributed by atoms with Gasteiger partial charge in [0.1, 0.15) is 16.4 Å². The standard InChI is InChI=1S/C13H16N6OS/c1-6-4-9-11(17-13(19-14)18-12(9)21-6)15-5-10-16-7(2)8(3)20-10/h4H,5,14H2,1-3H3,(H2,15,17,18,19). The molecule has 0 aliphatic heterocycles. The number of hydrogen-bond acceptors (Lipinski definition) is 8. The van der Waals surface area contributed by atoms with E-state index in [1.54, 1.807) is 11.3 Å². The average molecular weight is 304 g/mol. The number of oxazole rings is 1. The maximum atomic E-state index is 5.56. The van der Waals surface area contributed by atoms with Crippen LogP contribution in [-0.4, -0.2) is 15.0 Å². The number of hydrogen-bond donors (Lipinski definition) is 3. The number of rotatable bonds is 4. The van der Waals surface area contributed by atoms with Crippen LogP contribution in [0.25, 0.3) is 10.2 Å². The van der Waals surface area contributed by atoms with Gasteiger partial charge in [-0.1, -0.05) is 0 Å². The summed E-state index contributed by atoms with van der Waals surface area (Å²) < 4.78 is 5.56. The molecule has 0 aliphatic rings. The van der Waals surface area contributed by atoms with Crippen molar-refractivity contribution in [2.75, 3.05) is 10.7 Å². The van der Waals surface area contributed by atoms with Crippen molar-refractivity contribution in [2.24, 2.45) is 5.84 Å². The number of aromatic nitrogens is 3. The van der Waals surface area contributed by atoms with E-state index in [1.807, 2.05) is 20.8 Å². The summed E-state index contributed by atoms with van der Waals surface area (Å²) >= 11 is 1.60. The third-order valence-corrected chi connectivity index (χ3v) is 4.07. The highest BCUT2D eigenvalue weighted by Crippen LogP contribution is 2.29. The quantitative estimate of drug-likeness (QED) is 0.502. The van der Waals surface area contributed by atoms with Gasteiger partial charge in [-0.3, -0.25) is 5.43 Å². The molecule has 0 amide bonds. The summed E-state index contributed by atoms with van der Waals surface area (Å²) in [6, 6.07) is 2.05. The maximum Gasteiger partial charge on any atom is 0.240 e. The number of nitrogens with one attached hydrogen (secondary N) is 2. The van der Waals surface area contributed by atoms with Crippen LogP contribution in [0, 0.1) is 20.8 Å².